The van der Waals surface area contributed by atoms with Gasteiger partial charge in [-0.3, -0.25) is 0 Å². The monoisotopic (exact) mass is 269 g/mol. The van der Waals surface area contributed by atoms with Gasteiger partial charge in [0.2, 0.25) is 0 Å². The molecule has 1 N–H and O–H groups in total. The van der Waals surface area contributed by atoms with Crippen LogP contribution in [0.3, 0.4) is 0 Å². The summed E-state index contributed by atoms with van der Waals surface area (Å²) >= 11 is 0. The third kappa shape index (κ3) is 3.50. The van der Waals surface area contributed by atoms with Crippen LogP contribution in [0, 0.1) is 11.3 Å². The van der Waals surface area contributed by atoms with Crippen LogP contribution >= 0.6 is 0 Å². The Labute approximate surface area is 117 Å². The smallest absolute Gasteiger partial charge is 0.124 e. The quantitative estimate of drug-likeness (QED) is 0.906. The summed E-state index contributed by atoms with van der Waals surface area (Å²) in [5, 5.41) is 17.9. The van der Waals surface area contributed by atoms with E-state index in [0.29, 0.717) is 23.7 Å². The van der Waals surface area contributed by atoms with Crippen LogP contribution in [0.1, 0.15) is 16.7 Å². The summed E-state index contributed by atoms with van der Waals surface area (Å²) in [6.45, 7) is 0.423. The molecule has 2 aromatic rings. The molecule has 0 heterocycles. The van der Waals surface area contributed by atoms with Gasteiger partial charge in [0.05, 0.1) is 25.3 Å². The summed E-state index contributed by atoms with van der Waals surface area (Å²) in [7, 11) is 1.55. The van der Waals surface area contributed by atoms with Crippen LogP contribution in [0.2, 0.25) is 0 Å². The highest BCUT2D eigenvalue weighted by Crippen LogP contribution is 2.23. The van der Waals surface area contributed by atoms with Crippen molar-refractivity contribution in [1.29, 1.82) is 5.26 Å². The van der Waals surface area contributed by atoms with Crippen LogP contribution in [-0.4, -0.2) is 12.2 Å². The van der Waals surface area contributed by atoms with Gasteiger partial charge in [-0.15, -0.1) is 0 Å². The zero-order valence-electron chi connectivity index (χ0n) is 11.2. The Balaban J connectivity index is 2.08. The molecule has 0 aliphatic carbocycles. The number of rotatable bonds is 5. The van der Waals surface area contributed by atoms with E-state index in [0.717, 1.165) is 11.1 Å². The van der Waals surface area contributed by atoms with Gasteiger partial charge in [-0.25, -0.2) is 0 Å². The van der Waals surface area contributed by atoms with E-state index in [9.17, 15) is 0 Å². The van der Waals surface area contributed by atoms with Crippen molar-refractivity contribution < 1.29 is 14.6 Å². The molecule has 2 rings (SSSR count). The second-order valence-electron chi connectivity index (χ2n) is 4.27. The van der Waals surface area contributed by atoms with Crippen LogP contribution in [0.5, 0.6) is 11.5 Å². The molecule has 2 aromatic carbocycles. The number of aliphatic hydroxyl groups excluding tert-OH is 1. The number of nitrogens with zero attached hydrogens (tertiary/aromatic N) is 1. The number of hydrogen-bond donors (Lipinski definition) is 1. The first-order valence-electron chi connectivity index (χ1n) is 6.16. The van der Waals surface area contributed by atoms with Gasteiger partial charge in [0.1, 0.15) is 18.1 Å². The number of nitriles is 1. The second-order valence-corrected chi connectivity index (χ2v) is 4.27. The van der Waals surface area contributed by atoms with E-state index in [1.165, 1.54) is 0 Å². The molecule has 0 unspecified atom stereocenters. The Kier molecular flexibility index (Phi) is 4.59. The molecule has 0 saturated heterocycles. The van der Waals surface area contributed by atoms with Crippen molar-refractivity contribution in [3.8, 4) is 17.6 Å². The summed E-state index contributed by atoms with van der Waals surface area (Å²) in [5.74, 6) is 1.18. The summed E-state index contributed by atoms with van der Waals surface area (Å²) in [4.78, 5) is 0. The van der Waals surface area contributed by atoms with Crippen molar-refractivity contribution in [2.75, 3.05) is 7.11 Å². The van der Waals surface area contributed by atoms with Crippen molar-refractivity contribution in [2.45, 2.75) is 13.2 Å². The highest BCUT2D eigenvalue weighted by Gasteiger charge is 2.03. The minimum atomic E-state index is 0.0303. The largest absolute Gasteiger partial charge is 0.497 e. The summed E-state index contributed by atoms with van der Waals surface area (Å²) < 4.78 is 10.8. The molecule has 0 fully saturated rings. The van der Waals surface area contributed by atoms with E-state index in [-0.39, 0.29) is 6.61 Å². The Morgan fingerprint density at radius 3 is 2.30 bits per heavy atom. The molecular weight excluding hydrogens is 254 g/mol. The second kappa shape index (κ2) is 6.60. The van der Waals surface area contributed by atoms with Crippen molar-refractivity contribution in [2.24, 2.45) is 0 Å². The molecule has 4 heteroatoms. The fourth-order valence-corrected chi connectivity index (χ4v) is 1.75. The van der Waals surface area contributed by atoms with Gasteiger partial charge in [0, 0.05) is 6.07 Å². The highest BCUT2D eigenvalue weighted by atomic mass is 16.5. The minimum Gasteiger partial charge on any atom is -0.497 e. The van der Waals surface area contributed by atoms with E-state index in [4.69, 9.17) is 19.8 Å². The standard InChI is InChI=1S/C16H15NO3/c1-19-15-6-14(9-17)7-16(8-15)20-11-13-4-2-12(10-18)3-5-13/h2-8,18H,10-11H2,1H3. The maximum atomic E-state index is 8.98. The highest BCUT2D eigenvalue weighted by molar-refractivity contribution is 5.43. The van der Waals surface area contributed by atoms with Crippen LogP contribution in [0.15, 0.2) is 42.5 Å². The van der Waals surface area contributed by atoms with Gasteiger partial charge in [0.25, 0.3) is 0 Å². The molecule has 0 atom stereocenters. The molecule has 102 valence electrons. The predicted octanol–water partition coefficient (Wildman–Crippen LogP) is 2.64. The van der Waals surface area contributed by atoms with Crippen molar-refractivity contribution in [1.82, 2.24) is 0 Å². The van der Waals surface area contributed by atoms with Crippen molar-refractivity contribution >= 4 is 0 Å². The van der Waals surface area contributed by atoms with E-state index < -0.39 is 0 Å². The average molecular weight is 269 g/mol. The number of methoxy groups -OCH3 is 1. The van der Waals surface area contributed by atoms with Gasteiger partial charge in [-0.2, -0.15) is 5.26 Å². The third-order valence-electron chi connectivity index (χ3n) is 2.86. The lowest BCUT2D eigenvalue weighted by Gasteiger charge is -2.09. The van der Waals surface area contributed by atoms with E-state index in [1.807, 2.05) is 24.3 Å². The van der Waals surface area contributed by atoms with Gasteiger partial charge < -0.3 is 14.6 Å². The van der Waals surface area contributed by atoms with Gasteiger partial charge in [-0.1, -0.05) is 24.3 Å². The molecule has 0 aliphatic rings. The summed E-state index contributed by atoms with van der Waals surface area (Å²) in [6.07, 6.45) is 0. The number of aliphatic hydroxyl groups is 1. The van der Waals surface area contributed by atoms with Gasteiger partial charge >= 0.3 is 0 Å². The summed E-state index contributed by atoms with van der Waals surface area (Å²) in [6, 6.07) is 14.6. The first kappa shape index (κ1) is 13.9. The van der Waals surface area contributed by atoms with E-state index in [1.54, 1.807) is 25.3 Å². The lowest BCUT2D eigenvalue weighted by molar-refractivity contribution is 0.281. The van der Waals surface area contributed by atoms with Crippen molar-refractivity contribution in [3.05, 3.63) is 59.2 Å². The maximum Gasteiger partial charge on any atom is 0.124 e. The molecule has 4 nitrogen and oxygen atoms in total. The molecule has 0 amide bonds. The first-order chi connectivity index (χ1) is 9.75. The fraction of sp³-hybridized carbons (Fsp3) is 0.188. The molecule has 0 radical (unpaired) electrons. The molecule has 20 heavy (non-hydrogen) atoms. The zero-order chi connectivity index (χ0) is 14.4. The van der Waals surface area contributed by atoms with E-state index >= 15 is 0 Å². The third-order valence-corrected chi connectivity index (χ3v) is 2.86. The Morgan fingerprint density at radius 2 is 1.70 bits per heavy atom. The topological polar surface area (TPSA) is 62.5 Å². The fourth-order valence-electron chi connectivity index (χ4n) is 1.75. The first-order valence-corrected chi connectivity index (χ1v) is 6.16. The van der Waals surface area contributed by atoms with E-state index in [2.05, 4.69) is 6.07 Å². The average Bonchev–Trinajstić information content (AvgIpc) is 2.53. The zero-order valence-corrected chi connectivity index (χ0v) is 11.2. The van der Waals surface area contributed by atoms with Gasteiger partial charge in [-0.05, 0) is 23.3 Å². The summed E-state index contributed by atoms with van der Waals surface area (Å²) in [5.41, 5.74) is 2.35. The number of hydrogen-bond acceptors (Lipinski definition) is 4. The number of benzene rings is 2. The van der Waals surface area contributed by atoms with Crippen LogP contribution < -0.4 is 9.47 Å². The molecule has 0 saturated carbocycles. The van der Waals surface area contributed by atoms with Crippen LogP contribution in [-0.2, 0) is 13.2 Å². The number of ether oxygens (including phenoxy) is 2. The lowest BCUT2D eigenvalue weighted by atomic mass is 10.1. The normalized spacial score (nSPS) is 9.85. The molecule has 0 bridgehead atoms. The van der Waals surface area contributed by atoms with Crippen LogP contribution in [0.4, 0.5) is 0 Å². The molecule has 0 aromatic heterocycles. The van der Waals surface area contributed by atoms with Crippen LogP contribution in [0.25, 0.3) is 0 Å². The maximum absolute atomic E-state index is 8.98. The predicted molar refractivity (Wildman–Crippen MR) is 74.4 cm³/mol. The Hall–Kier alpha value is -2.51. The van der Waals surface area contributed by atoms with Gasteiger partial charge in [0.15, 0.2) is 0 Å². The molecule has 0 aliphatic heterocycles. The molecular formula is C16H15NO3. The lowest BCUT2D eigenvalue weighted by Crippen LogP contribution is -1.97. The molecule has 0 spiro atoms. The van der Waals surface area contributed by atoms with Crippen molar-refractivity contribution in [3.63, 3.8) is 0 Å². The SMILES string of the molecule is COc1cc(C#N)cc(OCc2ccc(CO)cc2)c1. The Morgan fingerprint density at radius 1 is 1.05 bits per heavy atom. The minimum absolute atomic E-state index is 0.0303. The Bertz CT molecular complexity index is 615.